The highest BCUT2D eigenvalue weighted by atomic mass is 19.1. The average molecular weight is 179 g/mol. The summed E-state index contributed by atoms with van der Waals surface area (Å²) >= 11 is 0. The largest absolute Gasteiger partial charge is 0.496 e. The van der Waals surface area contributed by atoms with Crippen LogP contribution in [0.4, 0.5) is 4.39 Å². The van der Waals surface area contributed by atoms with E-state index in [2.05, 4.69) is 4.85 Å². The molecule has 0 fully saturated rings. The molecule has 0 atom stereocenters. The Kier molecular flexibility index (Phi) is 3.27. The third-order valence-electron chi connectivity index (χ3n) is 1.77. The monoisotopic (exact) mass is 179 g/mol. The number of nitrogens with zero attached hydrogens (tertiary/aromatic N) is 1. The Hall–Kier alpha value is -1.56. The second-order valence-electron chi connectivity index (χ2n) is 2.55. The zero-order chi connectivity index (χ0) is 9.68. The first kappa shape index (κ1) is 9.53. The van der Waals surface area contributed by atoms with Gasteiger partial charge in [0.1, 0.15) is 11.6 Å². The van der Waals surface area contributed by atoms with Gasteiger partial charge in [0, 0.05) is 5.56 Å². The third kappa shape index (κ3) is 2.19. The van der Waals surface area contributed by atoms with Crippen LogP contribution in [-0.2, 0) is 6.42 Å². The molecule has 0 saturated carbocycles. The Balaban J connectivity index is 2.95. The smallest absolute Gasteiger partial charge is 0.218 e. The fraction of sp³-hybridized carbons (Fsp3) is 0.300. The molecule has 68 valence electrons. The quantitative estimate of drug-likeness (QED) is 0.649. The van der Waals surface area contributed by atoms with Crippen LogP contribution in [0.5, 0.6) is 5.75 Å². The lowest BCUT2D eigenvalue weighted by Gasteiger charge is -2.06. The molecule has 0 aliphatic heterocycles. The van der Waals surface area contributed by atoms with Gasteiger partial charge in [0.05, 0.1) is 13.5 Å². The van der Waals surface area contributed by atoms with Gasteiger partial charge in [0.2, 0.25) is 6.54 Å². The van der Waals surface area contributed by atoms with E-state index in [1.165, 1.54) is 13.2 Å². The lowest BCUT2D eigenvalue weighted by atomic mass is 10.1. The number of rotatable bonds is 3. The van der Waals surface area contributed by atoms with Crippen LogP contribution in [0, 0.1) is 12.4 Å². The molecule has 0 spiro atoms. The summed E-state index contributed by atoms with van der Waals surface area (Å²) in [6, 6.07) is 4.67. The van der Waals surface area contributed by atoms with E-state index in [1.54, 1.807) is 12.1 Å². The van der Waals surface area contributed by atoms with Crippen molar-refractivity contribution in [2.45, 2.75) is 6.42 Å². The highest BCUT2D eigenvalue weighted by Gasteiger charge is 2.08. The van der Waals surface area contributed by atoms with Crippen molar-refractivity contribution < 1.29 is 9.13 Å². The first-order chi connectivity index (χ1) is 6.29. The topological polar surface area (TPSA) is 13.6 Å². The molecule has 0 saturated heterocycles. The van der Waals surface area contributed by atoms with Crippen LogP contribution < -0.4 is 4.74 Å². The van der Waals surface area contributed by atoms with Crippen molar-refractivity contribution in [2.75, 3.05) is 13.7 Å². The Morgan fingerprint density at radius 3 is 2.92 bits per heavy atom. The average Bonchev–Trinajstić information content (AvgIpc) is 2.15. The predicted octanol–water partition coefficient (Wildman–Crippen LogP) is 2.30. The van der Waals surface area contributed by atoms with Gasteiger partial charge in [-0.05, 0) is 12.1 Å². The SMILES string of the molecule is [C-]#[N+]CCc1c(F)cccc1OC. The first-order valence-electron chi connectivity index (χ1n) is 3.94. The Bertz CT molecular complexity index is 330. The molecule has 0 radical (unpaired) electrons. The van der Waals surface area contributed by atoms with Crippen LogP contribution in [-0.4, -0.2) is 13.7 Å². The molecule has 0 N–H and O–H groups in total. The number of halogens is 1. The maximum atomic E-state index is 13.2. The summed E-state index contributed by atoms with van der Waals surface area (Å²) < 4.78 is 18.2. The Morgan fingerprint density at radius 2 is 2.31 bits per heavy atom. The van der Waals surface area contributed by atoms with Crippen molar-refractivity contribution in [1.29, 1.82) is 0 Å². The van der Waals surface area contributed by atoms with E-state index >= 15 is 0 Å². The standard InChI is InChI=1S/C10H10FNO/c1-12-7-6-8-9(11)4-3-5-10(8)13-2/h3-5H,6-7H2,2H3. The summed E-state index contributed by atoms with van der Waals surface area (Å²) in [6.07, 6.45) is 0.402. The highest BCUT2D eigenvalue weighted by Crippen LogP contribution is 2.21. The van der Waals surface area contributed by atoms with Crippen LogP contribution in [0.15, 0.2) is 18.2 Å². The minimum atomic E-state index is -0.303. The van der Waals surface area contributed by atoms with E-state index < -0.39 is 0 Å². The van der Waals surface area contributed by atoms with Gasteiger partial charge in [-0.15, -0.1) is 0 Å². The molecule has 0 bridgehead atoms. The lowest BCUT2D eigenvalue weighted by Crippen LogP contribution is -1.97. The lowest BCUT2D eigenvalue weighted by molar-refractivity contribution is 0.405. The van der Waals surface area contributed by atoms with E-state index in [0.29, 0.717) is 17.7 Å². The second kappa shape index (κ2) is 4.46. The number of hydrogen-bond donors (Lipinski definition) is 0. The van der Waals surface area contributed by atoms with Crippen molar-refractivity contribution in [3.8, 4) is 5.75 Å². The van der Waals surface area contributed by atoms with Crippen molar-refractivity contribution >= 4 is 0 Å². The molecule has 0 amide bonds. The molecule has 1 aromatic carbocycles. The van der Waals surface area contributed by atoms with E-state index in [9.17, 15) is 4.39 Å². The van der Waals surface area contributed by atoms with Gasteiger partial charge < -0.3 is 9.58 Å². The molecule has 3 heteroatoms. The van der Waals surface area contributed by atoms with Gasteiger partial charge >= 0.3 is 0 Å². The number of hydrogen-bond acceptors (Lipinski definition) is 1. The second-order valence-corrected chi connectivity index (χ2v) is 2.55. The zero-order valence-electron chi connectivity index (χ0n) is 7.38. The maximum Gasteiger partial charge on any atom is 0.218 e. The first-order valence-corrected chi connectivity index (χ1v) is 3.94. The third-order valence-corrected chi connectivity index (χ3v) is 1.77. The molecule has 1 rings (SSSR count). The molecule has 13 heavy (non-hydrogen) atoms. The molecule has 0 aromatic heterocycles. The highest BCUT2D eigenvalue weighted by molar-refractivity contribution is 5.34. The van der Waals surface area contributed by atoms with Gasteiger partial charge in [0.25, 0.3) is 0 Å². The summed E-state index contributed by atoms with van der Waals surface area (Å²) in [4.78, 5) is 3.18. The van der Waals surface area contributed by atoms with Crippen molar-refractivity contribution in [2.24, 2.45) is 0 Å². The van der Waals surface area contributed by atoms with Crippen LogP contribution in [0.3, 0.4) is 0 Å². The van der Waals surface area contributed by atoms with Gasteiger partial charge in [-0.3, -0.25) is 0 Å². The van der Waals surface area contributed by atoms with Crippen LogP contribution >= 0.6 is 0 Å². The molecule has 1 aromatic rings. The molecule has 0 aliphatic carbocycles. The summed E-state index contributed by atoms with van der Waals surface area (Å²) in [5, 5.41) is 0. The molecule has 0 unspecified atom stereocenters. The number of ether oxygens (including phenoxy) is 1. The molecule has 0 aliphatic rings. The Labute approximate surface area is 76.8 Å². The van der Waals surface area contributed by atoms with Gasteiger partial charge in [-0.1, -0.05) is 6.07 Å². The number of benzene rings is 1. The van der Waals surface area contributed by atoms with Crippen molar-refractivity contribution in [1.82, 2.24) is 0 Å². The number of methoxy groups -OCH3 is 1. The zero-order valence-corrected chi connectivity index (χ0v) is 7.38. The van der Waals surface area contributed by atoms with Crippen molar-refractivity contribution in [3.63, 3.8) is 0 Å². The summed E-state index contributed by atoms with van der Waals surface area (Å²) in [6.45, 7) is 6.90. The fourth-order valence-electron chi connectivity index (χ4n) is 1.14. The van der Waals surface area contributed by atoms with E-state index in [1.807, 2.05) is 0 Å². The van der Waals surface area contributed by atoms with Crippen LogP contribution in [0.2, 0.25) is 0 Å². The van der Waals surface area contributed by atoms with Gasteiger partial charge in [-0.25, -0.2) is 11.0 Å². The van der Waals surface area contributed by atoms with E-state index in [-0.39, 0.29) is 12.4 Å². The van der Waals surface area contributed by atoms with E-state index in [4.69, 9.17) is 11.3 Å². The van der Waals surface area contributed by atoms with Crippen LogP contribution in [0.25, 0.3) is 4.85 Å². The normalized spacial score (nSPS) is 9.31. The molecule has 0 heterocycles. The maximum absolute atomic E-state index is 13.2. The van der Waals surface area contributed by atoms with Crippen molar-refractivity contribution in [3.05, 3.63) is 41.0 Å². The van der Waals surface area contributed by atoms with Gasteiger partial charge in [-0.2, -0.15) is 0 Å². The van der Waals surface area contributed by atoms with E-state index in [0.717, 1.165) is 0 Å². The minimum Gasteiger partial charge on any atom is -0.496 e. The fourth-order valence-corrected chi connectivity index (χ4v) is 1.14. The Morgan fingerprint density at radius 1 is 1.54 bits per heavy atom. The molecule has 2 nitrogen and oxygen atoms in total. The van der Waals surface area contributed by atoms with Crippen LogP contribution in [0.1, 0.15) is 5.56 Å². The minimum absolute atomic E-state index is 0.289. The summed E-state index contributed by atoms with van der Waals surface area (Å²) in [7, 11) is 1.50. The summed E-state index contributed by atoms with van der Waals surface area (Å²) in [5.41, 5.74) is 0.487. The molecular weight excluding hydrogens is 169 g/mol. The molecular formula is C10H10FNO. The van der Waals surface area contributed by atoms with Gasteiger partial charge in [0.15, 0.2) is 0 Å². The summed E-state index contributed by atoms with van der Waals surface area (Å²) in [5.74, 6) is 0.214. The predicted molar refractivity (Wildman–Crippen MR) is 48.1 cm³/mol.